The molecular formula is C18H20N4O4. The number of methoxy groups -OCH3 is 1. The molecule has 2 bridgehead atoms. The summed E-state index contributed by atoms with van der Waals surface area (Å²) >= 11 is 0. The van der Waals surface area contributed by atoms with E-state index in [2.05, 4.69) is 20.4 Å². The molecule has 0 radical (unpaired) electrons. The highest BCUT2D eigenvalue weighted by atomic mass is 16.5. The second-order valence-corrected chi connectivity index (χ2v) is 5.86. The van der Waals surface area contributed by atoms with Crippen LogP contribution in [-0.4, -0.2) is 30.9 Å². The van der Waals surface area contributed by atoms with Gasteiger partial charge in [-0.3, -0.25) is 15.6 Å². The Balaban J connectivity index is 2.05. The van der Waals surface area contributed by atoms with Gasteiger partial charge in [-0.1, -0.05) is 6.07 Å². The molecule has 8 heteroatoms. The molecule has 1 atom stereocenters. The Morgan fingerprint density at radius 3 is 3.04 bits per heavy atom. The van der Waals surface area contributed by atoms with Crippen LogP contribution in [0.5, 0.6) is 0 Å². The number of aromatic nitrogens is 1. The summed E-state index contributed by atoms with van der Waals surface area (Å²) in [5.74, 6) is 0. The van der Waals surface area contributed by atoms with Gasteiger partial charge in [0.05, 0.1) is 25.1 Å². The molecule has 1 aromatic carbocycles. The lowest BCUT2D eigenvalue weighted by atomic mass is 10.0. The van der Waals surface area contributed by atoms with E-state index in [0.29, 0.717) is 24.2 Å². The number of anilines is 2. The summed E-state index contributed by atoms with van der Waals surface area (Å²) in [4.78, 5) is 27.8. The number of ether oxygens (including phenoxy) is 2. The zero-order valence-electron chi connectivity index (χ0n) is 14.3. The number of rotatable bonds is 1. The monoisotopic (exact) mass is 356 g/mol. The predicted molar refractivity (Wildman–Crippen MR) is 96.8 cm³/mol. The average molecular weight is 356 g/mol. The maximum absolute atomic E-state index is 12.1. The topological polar surface area (TPSA) is 116 Å². The van der Waals surface area contributed by atoms with Crippen molar-refractivity contribution >= 4 is 23.6 Å². The molecular weight excluding hydrogens is 336 g/mol. The van der Waals surface area contributed by atoms with Gasteiger partial charge >= 0.3 is 12.2 Å². The third-order valence-corrected chi connectivity index (χ3v) is 4.05. The summed E-state index contributed by atoms with van der Waals surface area (Å²) in [6.07, 6.45) is 1.83. The zero-order chi connectivity index (χ0) is 18.5. The highest BCUT2D eigenvalue weighted by Gasteiger charge is 2.16. The van der Waals surface area contributed by atoms with Crippen LogP contribution in [0.3, 0.4) is 0 Å². The smallest absolute Gasteiger partial charge is 0.411 e. The van der Waals surface area contributed by atoms with Gasteiger partial charge in [0.15, 0.2) is 0 Å². The van der Waals surface area contributed by atoms with Gasteiger partial charge in [0.1, 0.15) is 0 Å². The molecule has 8 nitrogen and oxygen atoms in total. The molecule has 0 saturated carbocycles. The number of benzene rings is 1. The molecule has 0 fully saturated rings. The quantitative estimate of drug-likeness (QED) is 0.722. The lowest BCUT2D eigenvalue weighted by Crippen LogP contribution is -2.18. The summed E-state index contributed by atoms with van der Waals surface area (Å²) in [5, 5.41) is 5.30. The number of hydrogen-bond donors (Lipinski definition) is 3. The number of pyridine rings is 1. The standard InChI is InChI=1S/C18H20N4O4/c1-25-17(23)21-12-4-5-13-11-6-7-20-16(9-11)14(19)3-2-8-26-18(24)22-15(13)10-12/h4-7,9-10,14H,2-3,8,19H2,1H3,(H,21,23)(H,22,24)/t14-/m0/s1. The third kappa shape index (κ3) is 4.09. The highest BCUT2D eigenvalue weighted by molar-refractivity contribution is 5.94. The number of cyclic esters (lactones) is 1. The molecule has 0 unspecified atom stereocenters. The van der Waals surface area contributed by atoms with Crippen molar-refractivity contribution < 1.29 is 19.1 Å². The Morgan fingerprint density at radius 2 is 2.23 bits per heavy atom. The van der Waals surface area contributed by atoms with Crippen LogP contribution in [0.15, 0.2) is 36.5 Å². The number of nitrogens with two attached hydrogens (primary N) is 1. The number of amides is 2. The van der Waals surface area contributed by atoms with Crippen molar-refractivity contribution in [1.82, 2.24) is 4.98 Å². The fourth-order valence-corrected chi connectivity index (χ4v) is 2.73. The number of carbonyl (C=O) groups is 2. The highest BCUT2D eigenvalue weighted by Crippen LogP contribution is 2.32. The van der Waals surface area contributed by atoms with Crippen molar-refractivity contribution in [2.75, 3.05) is 24.4 Å². The van der Waals surface area contributed by atoms with E-state index in [9.17, 15) is 9.59 Å². The van der Waals surface area contributed by atoms with Crippen LogP contribution in [0.25, 0.3) is 11.1 Å². The average Bonchev–Trinajstić information content (AvgIpc) is 2.64. The number of nitrogens with one attached hydrogen (secondary N) is 2. The van der Waals surface area contributed by atoms with Crippen molar-refractivity contribution in [3.63, 3.8) is 0 Å². The minimum atomic E-state index is -0.599. The van der Waals surface area contributed by atoms with Crippen molar-refractivity contribution in [2.24, 2.45) is 5.73 Å². The van der Waals surface area contributed by atoms with E-state index in [0.717, 1.165) is 16.8 Å². The molecule has 4 N–H and O–H groups in total. The van der Waals surface area contributed by atoms with Crippen molar-refractivity contribution in [3.05, 3.63) is 42.2 Å². The van der Waals surface area contributed by atoms with Crippen molar-refractivity contribution in [1.29, 1.82) is 0 Å². The van der Waals surface area contributed by atoms with E-state index < -0.39 is 12.2 Å². The molecule has 1 aliphatic heterocycles. The predicted octanol–water partition coefficient (Wildman–Crippen LogP) is 3.27. The Labute approximate surface area is 150 Å². The normalized spacial score (nSPS) is 16.8. The molecule has 136 valence electrons. The summed E-state index contributed by atoms with van der Waals surface area (Å²) in [6, 6.07) is 8.66. The van der Waals surface area contributed by atoms with Crippen LogP contribution in [0, 0.1) is 0 Å². The molecule has 0 spiro atoms. The van der Waals surface area contributed by atoms with Gasteiger partial charge in [-0.05, 0) is 42.7 Å². The maximum Gasteiger partial charge on any atom is 0.411 e. The first-order valence-corrected chi connectivity index (χ1v) is 8.21. The summed E-state index contributed by atoms with van der Waals surface area (Å²) in [6.45, 7) is 0.259. The first kappa shape index (κ1) is 17.7. The molecule has 26 heavy (non-hydrogen) atoms. The minimum absolute atomic E-state index is 0.232. The summed E-state index contributed by atoms with van der Waals surface area (Å²) in [5.41, 5.74) is 9.55. The fourth-order valence-electron chi connectivity index (χ4n) is 2.73. The van der Waals surface area contributed by atoms with E-state index in [1.165, 1.54) is 7.11 Å². The molecule has 1 aromatic heterocycles. The lowest BCUT2D eigenvalue weighted by molar-refractivity contribution is 0.158. The zero-order valence-corrected chi connectivity index (χ0v) is 14.3. The van der Waals surface area contributed by atoms with Gasteiger partial charge < -0.3 is 15.2 Å². The lowest BCUT2D eigenvalue weighted by Gasteiger charge is -2.17. The Morgan fingerprint density at radius 1 is 1.38 bits per heavy atom. The number of hydrogen-bond acceptors (Lipinski definition) is 6. The second-order valence-electron chi connectivity index (χ2n) is 5.86. The van der Waals surface area contributed by atoms with Crippen LogP contribution in [-0.2, 0) is 9.47 Å². The summed E-state index contributed by atoms with van der Waals surface area (Å²) < 4.78 is 9.78. The van der Waals surface area contributed by atoms with E-state index in [4.69, 9.17) is 10.5 Å². The van der Waals surface area contributed by atoms with Crippen molar-refractivity contribution in [3.8, 4) is 11.1 Å². The minimum Gasteiger partial charge on any atom is -0.453 e. The van der Waals surface area contributed by atoms with Gasteiger partial charge in [0, 0.05) is 23.5 Å². The first-order chi connectivity index (χ1) is 12.6. The second kappa shape index (κ2) is 7.83. The van der Waals surface area contributed by atoms with Crippen molar-refractivity contribution in [2.45, 2.75) is 18.9 Å². The largest absolute Gasteiger partial charge is 0.453 e. The van der Waals surface area contributed by atoms with Crippen LogP contribution < -0.4 is 16.4 Å². The number of carbonyl (C=O) groups excluding carboxylic acids is 2. The SMILES string of the molecule is COC(=O)Nc1ccc2c(c1)NC(=O)OCCC[C@H](N)c1cc-2ccn1. The molecule has 2 amide bonds. The van der Waals surface area contributed by atoms with Gasteiger partial charge in [0.25, 0.3) is 0 Å². The number of fused-ring (bicyclic) bond motifs is 4. The molecule has 3 rings (SSSR count). The van der Waals surface area contributed by atoms with E-state index in [1.54, 1.807) is 24.4 Å². The summed E-state index contributed by atoms with van der Waals surface area (Å²) in [7, 11) is 1.28. The molecule has 1 aliphatic rings. The van der Waals surface area contributed by atoms with Crippen LogP contribution in [0.4, 0.5) is 21.0 Å². The first-order valence-electron chi connectivity index (χ1n) is 8.21. The Kier molecular flexibility index (Phi) is 5.33. The van der Waals surface area contributed by atoms with Crippen LogP contribution in [0.2, 0.25) is 0 Å². The maximum atomic E-state index is 12.1. The van der Waals surface area contributed by atoms with Crippen LogP contribution >= 0.6 is 0 Å². The third-order valence-electron chi connectivity index (χ3n) is 4.05. The van der Waals surface area contributed by atoms with Gasteiger partial charge in [-0.25, -0.2) is 9.59 Å². The Hall–Kier alpha value is -3.13. The van der Waals surface area contributed by atoms with E-state index in [1.807, 2.05) is 12.1 Å². The molecule has 2 heterocycles. The van der Waals surface area contributed by atoms with E-state index >= 15 is 0 Å². The van der Waals surface area contributed by atoms with Gasteiger partial charge in [-0.15, -0.1) is 0 Å². The van der Waals surface area contributed by atoms with Gasteiger partial charge in [-0.2, -0.15) is 0 Å². The molecule has 0 saturated heterocycles. The van der Waals surface area contributed by atoms with Crippen LogP contribution in [0.1, 0.15) is 24.6 Å². The Bertz CT molecular complexity index is 825. The number of nitrogens with zero attached hydrogens (tertiary/aromatic N) is 1. The van der Waals surface area contributed by atoms with E-state index in [-0.39, 0.29) is 12.6 Å². The molecule has 2 aromatic rings. The fraction of sp³-hybridized carbons (Fsp3) is 0.278. The molecule has 0 aliphatic carbocycles. The van der Waals surface area contributed by atoms with Gasteiger partial charge in [0.2, 0.25) is 0 Å².